The van der Waals surface area contributed by atoms with E-state index in [2.05, 4.69) is 5.32 Å². The van der Waals surface area contributed by atoms with Crippen LogP contribution in [0.1, 0.15) is 59.0 Å². The largest absolute Gasteiger partial charge is 0.459 e. The molecule has 1 atom stereocenters. The topological polar surface area (TPSA) is 62.6 Å². The Bertz CT molecular complexity index is 1100. The fraction of sp³-hybridized carbons (Fsp3) is 0.308. The van der Waals surface area contributed by atoms with E-state index in [1.807, 2.05) is 32.0 Å². The third kappa shape index (κ3) is 4.44. The highest BCUT2D eigenvalue weighted by atomic mass is 19.1. The molecule has 0 bridgehead atoms. The van der Waals surface area contributed by atoms with Crippen LogP contribution in [0.15, 0.2) is 65.3 Å². The third-order valence-electron chi connectivity index (χ3n) is 5.98. The summed E-state index contributed by atoms with van der Waals surface area (Å²) in [7, 11) is 0. The van der Waals surface area contributed by atoms with Crippen molar-refractivity contribution in [2.24, 2.45) is 0 Å². The van der Waals surface area contributed by atoms with E-state index in [0.717, 1.165) is 36.8 Å². The Morgan fingerprint density at radius 2 is 1.81 bits per heavy atom. The van der Waals surface area contributed by atoms with Gasteiger partial charge < -0.3 is 9.73 Å². The van der Waals surface area contributed by atoms with Crippen molar-refractivity contribution in [2.75, 3.05) is 4.90 Å². The number of hydrogen-bond donors (Lipinski definition) is 1. The maximum atomic E-state index is 15.0. The fourth-order valence-electron chi connectivity index (χ4n) is 4.31. The van der Waals surface area contributed by atoms with Crippen molar-refractivity contribution in [1.82, 2.24) is 5.32 Å². The lowest BCUT2D eigenvalue weighted by molar-refractivity contribution is -0.123. The Kier molecular flexibility index (Phi) is 6.40. The van der Waals surface area contributed by atoms with Crippen LogP contribution in [0, 0.1) is 19.7 Å². The standard InChI is InChI=1S/C26H27FN2O3/c1-17-13-14-18(2)22(16-17)29(26(31)23-12-7-15-32-23)24(20-10-5-6-11-21(20)27)25(30)28-19-8-3-4-9-19/h5-7,10-16,19,24H,3-4,8-9H2,1-2H3,(H,28,30). The summed E-state index contributed by atoms with van der Waals surface area (Å²) in [5.41, 5.74) is 2.40. The highest BCUT2D eigenvalue weighted by Gasteiger charge is 2.37. The molecule has 1 fully saturated rings. The van der Waals surface area contributed by atoms with Crippen molar-refractivity contribution >= 4 is 17.5 Å². The van der Waals surface area contributed by atoms with Gasteiger partial charge in [0, 0.05) is 17.3 Å². The molecule has 1 aromatic heterocycles. The zero-order chi connectivity index (χ0) is 22.7. The molecule has 4 rings (SSSR count). The number of nitrogens with zero attached hydrogens (tertiary/aromatic N) is 1. The molecular weight excluding hydrogens is 407 g/mol. The number of furan rings is 1. The Balaban J connectivity index is 1.87. The molecule has 6 heteroatoms. The van der Waals surface area contributed by atoms with Gasteiger partial charge in [-0.05, 0) is 62.1 Å². The zero-order valence-corrected chi connectivity index (χ0v) is 18.3. The molecule has 0 saturated heterocycles. The van der Waals surface area contributed by atoms with Gasteiger partial charge in [0.2, 0.25) is 5.91 Å². The number of hydrogen-bond acceptors (Lipinski definition) is 3. The molecule has 1 saturated carbocycles. The van der Waals surface area contributed by atoms with Crippen molar-refractivity contribution in [3.05, 3.63) is 89.1 Å². The van der Waals surface area contributed by atoms with Crippen LogP contribution in [0.25, 0.3) is 0 Å². The van der Waals surface area contributed by atoms with Crippen LogP contribution in [0.4, 0.5) is 10.1 Å². The predicted octanol–water partition coefficient (Wildman–Crippen LogP) is 5.48. The lowest BCUT2D eigenvalue weighted by Crippen LogP contribution is -2.47. The van der Waals surface area contributed by atoms with E-state index in [1.165, 1.54) is 17.2 Å². The molecule has 1 unspecified atom stereocenters. The number of carbonyl (C=O) groups excluding carboxylic acids is 2. The van der Waals surface area contributed by atoms with Crippen LogP contribution < -0.4 is 10.2 Å². The zero-order valence-electron chi connectivity index (χ0n) is 18.3. The second kappa shape index (κ2) is 9.39. The minimum absolute atomic E-state index is 0.0240. The van der Waals surface area contributed by atoms with Gasteiger partial charge in [0.25, 0.3) is 5.91 Å². The van der Waals surface area contributed by atoms with Crippen LogP contribution in [0.3, 0.4) is 0 Å². The minimum Gasteiger partial charge on any atom is -0.459 e. The van der Waals surface area contributed by atoms with Crippen molar-refractivity contribution in [3.8, 4) is 0 Å². The van der Waals surface area contributed by atoms with Crippen molar-refractivity contribution in [3.63, 3.8) is 0 Å². The monoisotopic (exact) mass is 434 g/mol. The smallest absolute Gasteiger partial charge is 0.294 e. The van der Waals surface area contributed by atoms with Gasteiger partial charge >= 0.3 is 0 Å². The van der Waals surface area contributed by atoms with E-state index in [1.54, 1.807) is 30.3 Å². The van der Waals surface area contributed by atoms with E-state index in [-0.39, 0.29) is 17.4 Å². The van der Waals surface area contributed by atoms with Crippen LogP contribution >= 0.6 is 0 Å². The second-order valence-corrected chi connectivity index (χ2v) is 8.36. The van der Waals surface area contributed by atoms with Gasteiger partial charge in [-0.1, -0.05) is 43.2 Å². The molecule has 0 aliphatic heterocycles. The number of rotatable bonds is 6. The lowest BCUT2D eigenvalue weighted by atomic mass is 9.99. The summed E-state index contributed by atoms with van der Waals surface area (Å²) < 4.78 is 20.4. The molecule has 2 amide bonds. The first-order valence-electron chi connectivity index (χ1n) is 10.9. The molecule has 2 aromatic carbocycles. The number of halogens is 1. The summed E-state index contributed by atoms with van der Waals surface area (Å²) in [6, 6.07) is 13.8. The molecule has 32 heavy (non-hydrogen) atoms. The van der Waals surface area contributed by atoms with Crippen LogP contribution in [-0.2, 0) is 4.79 Å². The van der Waals surface area contributed by atoms with E-state index < -0.39 is 23.7 Å². The second-order valence-electron chi connectivity index (χ2n) is 8.36. The van der Waals surface area contributed by atoms with Crippen LogP contribution in [-0.4, -0.2) is 17.9 Å². The van der Waals surface area contributed by atoms with Crippen molar-refractivity contribution in [2.45, 2.75) is 51.6 Å². The number of anilines is 1. The van der Waals surface area contributed by atoms with Gasteiger partial charge in [0.05, 0.1) is 6.26 Å². The molecule has 0 radical (unpaired) electrons. The maximum absolute atomic E-state index is 15.0. The average molecular weight is 435 g/mol. The van der Waals surface area contributed by atoms with Gasteiger partial charge in [-0.25, -0.2) is 4.39 Å². The Morgan fingerprint density at radius 1 is 1.06 bits per heavy atom. The highest BCUT2D eigenvalue weighted by molar-refractivity contribution is 6.09. The van der Waals surface area contributed by atoms with E-state index in [0.29, 0.717) is 5.69 Å². The Labute approximate surface area is 187 Å². The summed E-state index contributed by atoms with van der Waals surface area (Å²) in [6.45, 7) is 3.78. The molecule has 166 valence electrons. The summed E-state index contributed by atoms with van der Waals surface area (Å²) in [6.07, 6.45) is 5.25. The summed E-state index contributed by atoms with van der Waals surface area (Å²) in [5.74, 6) is -1.36. The average Bonchev–Trinajstić information content (AvgIpc) is 3.48. The number of aryl methyl sites for hydroxylation is 2. The highest BCUT2D eigenvalue weighted by Crippen LogP contribution is 2.34. The van der Waals surface area contributed by atoms with Gasteiger partial charge in [0.15, 0.2) is 5.76 Å². The maximum Gasteiger partial charge on any atom is 0.294 e. The van der Waals surface area contributed by atoms with Crippen LogP contribution in [0.5, 0.6) is 0 Å². The van der Waals surface area contributed by atoms with E-state index in [4.69, 9.17) is 4.42 Å². The lowest BCUT2D eigenvalue weighted by Gasteiger charge is -2.33. The minimum atomic E-state index is -1.19. The Morgan fingerprint density at radius 3 is 2.50 bits per heavy atom. The van der Waals surface area contributed by atoms with Gasteiger partial charge in [-0.2, -0.15) is 0 Å². The molecule has 5 nitrogen and oxygen atoms in total. The number of benzene rings is 2. The molecule has 0 spiro atoms. The van der Waals surface area contributed by atoms with E-state index >= 15 is 4.39 Å². The first-order valence-corrected chi connectivity index (χ1v) is 10.9. The Hall–Kier alpha value is -3.41. The van der Waals surface area contributed by atoms with Gasteiger partial charge in [-0.15, -0.1) is 0 Å². The quantitative estimate of drug-likeness (QED) is 0.559. The first kappa shape index (κ1) is 21.8. The van der Waals surface area contributed by atoms with Crippen LogP contribution in [0.2, 0.25) is 0 Å². The first-order chi connectivity index (χ1) is 15.5. The summed E-state index contributed by atoms with van der Waals surface area (Å²) >= 11 is 0. The van der Waals surface area contributed by atoms with Crippen molar-refractivity contribution in [1.29, 1.82) is 0 Å². The SMILES string of the molecule is Cc1ccc(C)c(N(C(=O)c2ccco2)C(C(=O)NC2CCCC2)c2ccccc2F)c1. The van der Waals surface area contributed by atoms with E-state index in [9.17, 15) is 9.59 Å². The molecule has 1 N–H and O–H groups in total. The molecule has 1 aliphatic carbocycles. The third-order valence-corrected chi connectivity index (χ3v) is 5.98. The molecule has 1 aliphatic rings. The van der Waals surface area contributed by atoms with Crippen molar-refractivity contribution < 1.29 is 18.4 Å². The fourth-order valence-corrected chi connectivity index (χ4v) is 4.31. The predicted molar refractivity (Wildman–Crippen MR) is 121 cm³/mol. The summed E-state index contributed by atoms with van der Waals surface area (Å²) in [4.78, 5) is 28.7. The molecule has 3 aromatic rings. The molecule has 1 heterocycles. The van der Waals surface area contributed by atoms with Gasteiger partial charge in [-0.3, -0.25) is 14.5 Å². The number of nitrogens with one attached hydrogen (secondary N) is 1. The summed E-state index contributed by atoms with van der Waals surface area (Å²) in [5, 5.41) is 3.06. The molecular formula is C26H27FN2O3. The van der Waals surface area contributed by atoms with Gasteiger partial charge in [0.1, 0.15) is 11.9 Å². The number of carbonyl (C=O) groups is 2. The number of amides is 2. The normalized spacial score (nSPS) is 14.8.